The maximum atomic E-state index is 10.0. The van der Waals surface area contributed by atoms with Crippen molar-refractivity contribution in [3.63, 3.8) is 0 Å². The highest BCUT2D eigenvalue weighted by Crippen LogP contribution is 2.42. The summed E-state index contributed by atoms with van der Waals surface area (Å²) >= 11 is 0. The summed E-state index contributed by atoms with van der Waals surface area (Å²) in [5.74, 6) is 1.32. The first kappa shape index (κ1) is 26.9. The average Bonchev–Trinajstić information content (AvgIpc) is 3.29. The molecule has 2 aromatic carbocycles. The third-order valence-electron chi connectivity index (χ3n) is 6.24. The first-order valence-electron chi connectivity index (χ1n) is 12.5. The fraction of sp³-hybridized carbons (Fsp3) is 0.188. The first-order chi connectivity index (χ1) is 18.8. The number of hydrogen-bond acceptors (Lipinski definition) is 5. The molecule has 0 fully saturated rings. The second kappa shape index (κ2) is 11.9. The van der Waals surface area contributed by atoms with Crippen LogP contribution in [-0.2, 0) is 0 Å². The lowest BCUT2D eigenvalue weighted by Gasteiger charge is -2.26. The lowest BCUT2D eigenvalue weighted by Crippen LogP contribution is -2.37. The molecule has 192 valence electrons. The maximum Gasteiger partial charge on any atom is 0.270 e. The number of quaternary nitrogens is 1. The van der Waals surface area contributed by atoms with Gasteiger partial charge in [0.2, 0.25) is 5.88 Å². The van der Waals surface area contributed by atoms with E-state index in [-0.39, 0.29) is 16.8 Å². The van der Waals surface area contributed by atoms with E-state index in [9.17, 15) is 10.5 Å². The molecule has 0 radical (unpaired) electrons. The minimum atomic E-state index is -0.169. The van der Waals surface area contributed by atoms with Gasteiger partial charge < -0.3 is 14.1 Å². The van der Waals surface area contributed by atoms with Crippen molar-refractivity contribution in [1.82, 2.24) is 4.98 Å². The highest BCUT2D eigenvalue weighted by Gasteiger charge is 2.27. The largest absolute Gasteiger partial charge is 0.439 e. The predicted octanol–water partition coefficient (Wildman–Crippen LogP) is 6.19. The Morgan fingerprint density at radius 2 is 1.85 bits per heavy atom. The molecule has 0 unspecified atom stereocenters. The fourth-order valence-corrected chi connectivity index (χ4v) is 4.37. The zero-order chi connectivity index (χ0) is 27.8. The van der Waals surface area contributed by atoms with Crippen LogP contribution in [0.15, 0.2) is 102 Å². The summed E-state index contributed by atoms with van der Waals surface area (Å²) in [5, 5.41) is 19.6. The van der Waals surface area contributed by atoms with Crippen molar-refractivity contribution in [1.29, 1.82) is 10.5 Å². The van der Waals surface area contributed by atoms with Gasteiger partial charge in [-0.05, 0) is 41.0 Å². The summed E-state index contributed by atoms with van der Waals surface area (Å²) in [4.78, 5) is 9.59. The smallest absolute Gasteiger partial charge is 0.270 e. The lowest BCUT2D eigenvalue weighted by atomic mass is 9.97. The van der Waals surface area contributed by atoms with Crippen LogP contribution in [0.5, 0.6) is 5.75 Å². The van der Waals surface area contributed by atoms with Crippen LogP contribution < -0.4 is 9.64 Å². The van der Waals surface area contributed by atoms with Gasteiger partial charge in [0.25, 0.3) is 5.70 Å². The van der Waals surface area contributed by atoms with Crippen LogP contribution >= 0.6 is 0 Å². The summed E-state index contributed by atoms with van der Waals surface area (Å²) in [6.45, 7) is 9.18. The molecule has 0 saturated heterocycles. The number of allylic oxidation sites excluding steroid dienone is 5. The Morgan fingerprint density at radius 1 is 1.05 bits per heavy atom. The highest BCUT2D eigenvalue weighted by atomic mass is 16.5. The molecule has 39 heavy (non-hydrogen) atoms. The Balaban J connectivity index is 1.76. The number of benzene rings is 2. The number of pyridine rings is 1. The van der Waals surface area contributed by atoms with Crippen molar-refractivity contribution in [2.75, 3.05) is 39.1 Å². The van der Waals surface area contributed by atoms with E-state index in [0.29, 0.717) is 11.4 Å². The Morgan fingerprint density at radius 3 is 2.49 bits per heavy atom. The molecule has 0 spiro atoms. The van der Waals surface area contributed by atoms with Crippen molar-refractivity contribution >= 4 is 11.3 Å². The van der Waals surface area contributed by atoms with Gasteiger partial charge in [-0.15, -0.1) is 0 Å². The number of ether oxygens (including phenoxy) is 1. The Labute approximate surface area is 229 Å². The van der Waals surface area contributed by atoms with Crippen molar-refractivity contribution < 1.29 is 9.22 Å². The molecule has 7 nitrogen and oxygen atoms in total. The molecule has 1 aromatic heterocycles. The molecule has 4 rings (SSSR count). The van der Waals surface area contributed by atoms with E-state index in [1.807, 2.05) is 36.4 Å². The molecule has 2 heterocycles. The van der Waals surface area contributed by atoms with E-state index < -0.39 is 0 Å². The van der Waals surface area contributed by atoms with E-state index in [0.717, 1.165) is 46.6 Å². The molecule has 1 aliphatic rings. The SMILES string of the molecule is [C-]#[N+]C(C#N)=C(C(C#N)=CC=C1Oc2ccc(-c3ccccc3)cc2N1CCC[N+](C)(C)C)c1cccnc1. The zero-order valence-electron chi connectivity index (χ0n) is 22.3. The topological polar surface area (TPSA) is 77.3 Å². The summed E-state index contributed by atoms with van der Waals surface area (Å²) in [5.41, 5.74) is 3.94. The van der Waals surface area contributed by atoms with Gasteiger partial charge in [-0.2, -0.15) is 5.26 Å². The molecule has 0 aliphatic carbocycles. The zero-order valence-corrected chi connectivity index (χ0v) is 22.3. The summed E-state index contributed by atoms with van der Waals surface area (Å²) < 4.78 is 7.10. The quantitative estimate of drug-likeness (QED) is 0.155. The van der Waals surface area contributed by atoms with Crippen molar-refractivity contribution in [3.05, 3.63) is 119 Å². The summed E-state index contributed by atoms with van der Waals surface area (Å²) in [7, 11) is 6.49. The molecule has 0 N–H and O–H groups in total. The number of aromatic nitrogens is 1. The fourth-order valence-electron chi connectivity index (χ4n) is 4.37. The van der Waals surface area contributed by atoms with Crippen LogP contribution in [0.4, 0.5) is 5.69 Å². The van der Waals surface area contributed by atoms with Gasteiger partial charge in [-0.3, -0.25) is 4.98 Å². The lowest BCUT2D eigenvalue weighted by molar-refractivity contribution is -0.870. The van der Waals surface area contributed by atoms with E-state index >= 15 is 0 Å². The standard InChI is InChI=1S/C32H29N6O/c1-35-28(22-34)32(27-12-8-17-36-23-27)26(21-33)14-16-31-37(18-9-19-38(2,3)4)29-20-25(13-15-30(29)39-31)24-10-6-5-7-11-24/h5-8,10-17,20,23H,9,18-19H2,2-4H3/q+1. The molecule has 7 heteroatoms. The molecule has 0 saturated carbocycles. The van der Waals surface area contributed by atoms with Gasteiger partial charge in [0, 0.05) is 37.0 Å². The third-order valence-corrected chi connectivity index (χ3v) is 6.24. The molecular weight excluding hydrogens is 484 g/mol. The monoisotopic (exact) mass is 513 g/mol. The molecular formula is C32H29N6O+. The molecule has 1 aliphatic heterocycles. The molecule has 0 atom stereocenters. The Bertz CT molecular complexity index is 1540. The van der Waals surface area contributed by atoms with Crippen LogP contribution in [0, 0.1) is 29.2 Å². The minimum absolute atomic E-state index is 0.169. The van der Waals surface area contributed by atoms with Gasteiger partial charge in [-0.25, -0.2) is 10.1 Å². The van der Waals surface area contributed by atoms with Gasteiger partial charge in [0.1, 0.15) is 0 Å². The molecule has 0 amide bonds. The van der Waals surface area contributed by atoms with E-state index in [2.05, 4.69) is 60.1 Å². The number of fused-ring (bicyclic) bond motifs is 1. The number of nitrogens with zero attached hydrogens (tertiary/aromatic N) is 6. The number of hydrogen-bond donors (Lipinski definition) is 0. The highest BCUT2D eigenvalue weighted by molar-refractivity contribution is 5.88. The average molecular weight is 514 g/mol. The van der Waals surface area contributed by atoms with Crippen molar-refractivity contribution in [3.8, 4) is 29.0 Å². The second-order valence-electron chi connectivity index (χ2n) is 10.1. The van der Waals surface area contributed by atoms with Gasteiger partial charge in [0.15, 0.2) is 5.75 Å². The minimum Gasteiger partial charge on any atom is -0.439 e. The maximum absolute atomic E-state index is 10.0. The Kier molecular flexibility index (Phi) is 8.22. The first-order valence-corrected chi connectivity index (χ1v) is 12.5. The van der Waals surface area contributed by atoms with E-state index in [1.165, 1.54) is 0 Å². The van der Waals surface area contributed by atoms with Gasteiger partial charge in [-0.1, -0.05) is 42.5 Å². The van der Waals surface area contributed by atoms with Crippen LogP contribution in [0.25, 0.3) is 21.5 Å². The number of rotatable bonds is 8. The number of nitriles is 2. The Hall–Kier alpha value is -5.16. The second-order valence-corrected chi connectivity index (χ2v) is 10.1. The van der Waals surface area contributed by atoms with Crippen molar-refractivity contribution in [2.45, 2.75) is 6.42 Å². The van der Waals surface area contributed by atoms with Gasteiger partial charge in [0.05, 0.1) is 57.7 Å². The van der Waals surface area contributed by atoms with Crippen molar-refractivity contribution in [2.24, 2.45) is 0 Å². The van der Waals surface area contributed by atoms with Crippen LogP contribution in [0.3, 0.4) is 0 Å². The summed E-state index contributed by atoms with van der Waals surface area (Å²) in [6, 6.07) is 23.8. The third kappa shape index (κ3) is 6.40. The van der Waals surface area contributed by atoms with Crippen LogP contribution in [0.2, 0.25) is 0 Å². The number of anilines is 1. The van der Waals surface area contributed by atoms with E-state index in [4.69, 9.17) is 11.3 Å². The van der Waals surface area contributed by atoms with Gasteiger partial charge >= 0.3 is 0 Å². The van der Waals surface area contributed by atoms with Crippen LogP contribution in [-0.4, -0.2) is 43.7 Å². The normalized spacial score (nSPS) is 14.5. The van der Waals surface area contributed by atoms with E-state index in [1.54, 1.807) is 36.7 Å². The predicted molar refractivity (Wildman–Crippen MR) is 153 cm³/mol. The van der Waals surface area contributed by atoms with Crippen LogP contribution in [0.1, 0.15) is 12.0 Å². The molecule has 3 aromatic rings. The molecule has 0 bridgehead atoms. The summed E-state index contributed by atoms with van der Waals surface area (Å²) in [6.07, 6.45) is 7.41.